The topological polar surface area (TPSA) is 27.7 Å². The third kappa shape index (κ3) is 5.95. The molecule has 0 saturated carbocycles. The van der Waals surface area contributed by atoms with Crippen molar-refractivity contribution >= 4 is 0 Å². The van der Waals surface area contributed by atoms with Crippen molar-refractivity contribution in [3.05, 3.63) is 0 Å². The Kier molecular flexibility index (Phi) is 6.07. The molecule has 2 rings (SSSR count). The molecular weight excluding hydrogens is 271 g/mol. The molecule has 4 nitrogen and oxygen atoms in total. The minimum absolute atomic E-state index is 0.346. The molecule has 0 aliphatic carbocycles. The number of alkyl halides is 3. The van der Waals surface area contributed by atoms with Crippen molar-refractivity contribution in [3.8, 4) is 0 Å². The molecule has 0 amide bonds. The van der Waals surface area contributed by atoms with Gasteiger partial charge in [-0.1, -0.05) is 0 Å². The van der Waals surface area contributed by atoms with Gasteiger partial charge >= 0.3 is 6.18 Å². The van der Waals surface area contributed by atoms with Crippen molar-refractivity contribution in [2.24, 2.45) is 0 Å². The third-order valence-corrected chi connectivity index (χ3v) is 3.87. The Morgan fingerprint density at radius 1 is 1.10 bits per heavy atom. The van der Waals surface area contributed by atoms with E-state index in [1.54, 1.807) is 0 Å². The Bertz CT molecular complexity index is 275. The van der Waals surface area contributed by atoms with Gasteiger partial charge in [-0.05, 0) is 12.8 Å². The number of ether oxygens (including phenoxy) is 1. The summed E-state index contributed by atoms with van der Waals surface area (Å²) in [4.78, 5) is 3.70. The molecule has 0 aromatic heterocycles. The summed E-state index contributed by atoms with van der Waals surface area (Å²) in [5, 5.41) is 3.36. The first kappa shape index (κ1) is 16.0. The summed E-state index contributed by atoms with van der Waals surface area (Å²) in [7, 11) is 0. The summed E-state index contributed by atoms with van der Waals surface area (Å²) in [5.41, 5.74) is 0. The molecule has 0 aromatic rings. The van der Waals surface area contributed by atoms with Crippen molar-refractivity contribution in [2.75, 3.05) is 59.0 Å². The van der Waals surface area contributed by atoms with Crippen molar-refractivity contribution in [1.82, 2.24) is 15.1 Å². The number of nitrogens with one attached hydrogen (secondary N) is 1. The Hall–Kier alpha value is -0.370. The predicted molar refractivity (Wildman–Crippen MR) is 70.8 cm³/mol. The van der Waals surface area contributed by atoms with Crippen LogP contribution in [0.3, 0.4) is 0 Å². The van der Waals surface area contributed by atoms with Crippen molar-refractivity contribution in [3.63, 3.8) is 0 Å². The van der Waals surface area contributed by atoms with Crippen LogP contribution in [0.25, 0.3) is 0 Å². The van der Waals surface area contributed by atoms with Gasteiger partial charge in [0.25, 0.3) is 0 Å². The van der Waals surface area contributed by atoms with Crippen LogP contribution >= 0.6 is 0 Å². The van der Waals surface area contributed by atoms with Gasteiger partial charge in [0.05, 0.1) is 12.6 Å². The van der Waals surface area contributed by atoms with Gasteiger partial charge in [-0.3, -0.25) is 9.80 Å². The van der Waals surface area contributed by atoms with Gasteiger partial charge in [0.1, 0.15) is 0 Å². The van der Waals surface area contributed by atoms with E-state index in [2.05, 4.69) is 10.2 Å². The van der Waals surface area contributed by atoms with Crippen molar-refractivity contribution in [2.45, 2.75) is 25.1 Å². The second-order valence-electron chi connectivity index (χ2n) is 5.57. The molecule has 0 aromatic carbocycles. The summed E-state index contributed by atoms with van der Waals surface area (Å²) in [6.45, 7) is 5.19. The highest BCUT2D eigenvalue weighted by Gasteiger charge is 2.31. The fourth-order valence-corrected chi connectivity index (χ4v) is 2.73. The maximum atomic E-state index is 12.3. The number of nitrogens with zero attached hydrogens (tertiary/aromatic N) is 2. The first-order chi connectivity index (χ1) is 9.53. The van der Waals surface area contributed by atoms with E-state index in [0.29, 0.717) is 19.2 Å². The minimum Gasteiger partial charge on any atom is -0.377 e. The van der Waals surface area contributed by atoms with Crippen LogP contribution in [-0.4, -0.2) is 81.0 Å². The van der Waals surface area contributed by atoms with Crippen LogP contribution in [0.15, 0.2) is 0 Å². The molecule has 118 valence electrons. The highest BCUT2D eigenvalue weighted by molar-refractivity contribution is 4.75. The van der Waals surface area contributed by atoms with E-state index < -0.39 is 12.7 Å². The molecule has 2 saturated heterocycles. The lowest BCUT2D eigenvalue weighted by Gasteiger charge is -2.35. The zero-order valence-corrected chi connectivity index (χ0v) is 11.8. The zero-order valence-electron chi connectivity index (χ0n) is 11.8. The van der Waals surface area contributed by atoms with Gasteiger partial charge in [-0.15, -0.1) is 0 Å². The monoisotopic (exact) mass is 295 g/mol. The fraction of sp³-hybridized carbons (Fsp3) is 1.00. The largest absolute Gasteiger partial charge is 0.401 e. The fourth-order valence-electron chi connectivity index (χ4n) is 2.73. The van der Waals surface area contributed by atoms with E-state index in [4.69, 9.17) is 4.74 Å². The van der Waals surface area contributed by atoms with Gasteiger partial charge in [0, 0.05) is 52.4 Å². The Balaban J connectivity index is 1.51. The standard InChI is InChI=1S/C13H24F3N3O/c14-13(15,16)11-19-7-5-18(6-8-19)4-3-17-10-12-2-1-9-20-12/h12,17H,1-11H2. The second kappa shape index (κ2) is 7.59. The molecule has 1 atom stereocenters. The predicted octanol–water partition coefficient (Wildman–Crippen LogP) is 0.935. The quantitative estimate of drug-likeness (QED) is 0.738. The molecule has 2 heterocycles. The molecule has 0 spiro atoms. The summed E-state index contributed by atoms with van der Waals surface area (Å²) in [6, 6.07) is 0. The van der Waals surface area contributed by atoms with Crippen LogP contribution in [0.2, 0.25) is 0 Å². The lowest BCUT2D eigenvalue weighted by atomic mass is 10.2. The highest BCUT2D eigenvalue weighted by atomic mass is 19.4. The zero-order chi connectivity index (χ0) is 14.4. The summed E-state index contributed by atoms with van der Waals surface area (Å²) < 4.78 is 42.3. The molecule has 0 radical (unpaired) electrons. The number of piperazine rings is 1. The molecule has 1 N–H and O–H groups in total. The van der Waals surface area contributed by atoms with E-state index in [9.17, 15) is 13.2 Å². The SMILES string of the molecule is FC(F)(F)CN1CCN(CCNCC2CCCO2)CC1. The van der Waals surface area contributed by atoms with Crippen LogP contribution in [0.4, 0.5) is 13.2 Å². The van der Waals surface area contributed by atoms with Crippen LogP contribution in [0.5, 0.6) is 0 Å². The van der Waals surface area contributed by atoms with Gasteiger partial charge in [-0.2, -0.15) is 13.2 Å². The molecule has 1 unspecified atom stereocenters. The summed E-state index contributed by atoms with van der Waals surface area (Å²) >= 11 is 0. The molecule has 2 aliphatic rings. The van der Waals surface area contributed by atoms with E-state index in [-0.39, 0.29) is 0 Å². The first-order valence-corrected chi connectivity index (χ1v) is 7.37. The average molecular weight is 295 g/mol. The van der Waals surface area contributed by atoms with Crippen molar-refractivity contribution < 1.29 is 17.9 Å². The number of hydrogen-bond donors (Lipinski definition) is 1. The second-order valence-corrected chi connectivity index (χ2v) is 5.57. The van der Waals surface area contributed by atoms with Gasteiger partial charge in [0.2, 0.25) is 0 Å². The van der Waals surface area contributed by atoms with Gasteiger partial charge < -0.3 is 10.1 Å². The van der Waals surface area contributed by atoms with E-state index in [1.807, 2.05) is 0 Å². The normalized spacial score (nSPS) is 26.2. The molecule has 0 bridgehead atoms. The van der Waals surface area contributed by atoms with Crippen molar-refractivity contribution in [1.29, 1.82) is 0 Å². The Morgan fingerprint density at radius 3 is 2.40 bits per heavy atom. The molecule has 7 heteroatoms. The van der Waals surface area contributed by atoms with E-state index >= 15 is 0 Å². The lowest BCUT2D eigenvalue weighted by molar-refractivity contribution is -0.149. The summed E-state index contributed by atoms with van der Waals surface area (Å²) in [5.74, 6) is 0. The Morgan fingerprint density at radius 2 is 1.80 bits per heavy atom. The molecule has 20 heavy (non-hydrogen) atoms. The molecule has 2 fully saturated rings. The number of hydrogen-bond acceptors (Lipinski definition) is 4. The smallest absolute Gasteiger partial charge is 0.377 e. The van der Waals surface area contributed by atoms with Crippen LogP contribution in [0.1, 0.15) is 12.8 Å². The highest BCUT2D eigenvalue weighted by Crippen LogP contribution is 2.17. The van der Waals surface area contributed by atoms with Gasteiger partial charge in [0.15, 0.2) is 0 Å². The van der Waals surface area contributed by atoms with Crippen LogP contribution in [-0.2, 0) is 4.74 Å². The minimum atomic E-state index is -4.08. The number of rotatable bonds is 6. The summed E-state index contributed by atoms with van der Waals surface area (Å²) in [6.07, 6.45) is -1.46. The average Bonchev–Trinajstić information content (AvgIpc) is 2.88. The van der Waals surface area contributed by atoms with E-state index in [1.165, 1.54) is 4.90 Å². The lowest BCUT2D eigenvalue weighted by Crippen LogP contribution is -2.50. The molecular formula is C13H24F3N3O. The molecule has 2 aliphatic heterocycles. The maximum Gasteiger partial charge on any atom is 0.401 e. The van der Waals surface area contributed by atoms with Crippen LogP contribution < -0.4 is 5.32 Å². The maximum absolute atomic E-state index is 12.3. The Labute approximate surface area is 118 Å². The number of halogens is 3. The third-order valence-electron chi connectivity index (χ3n) is 3.87. The van der Waals surface area contributed by atoms with Gasteiger partial charge in [-0.25, -0.2) is 0 Å². The first-order valence-electron chi connectivity index (χ1n) is 7.37. The van der Waals surface area contributed by atoms with Crippen LogP contribution in [0, 0.1) is 0 Å². The van der Waals surface area contributed by atoms with E-state index in [0.717, 1.165) is 52.2 Å².